The van der Waals surface area contributed by atoms with Crippen LogP contribution in [-0.4, -0.2) is 37.4 Å². The number of methoxy groups -OCH3 is 1. The Morgan fingerprint density at radius 1 is 0.903 bits per heavy atom. The maximum absolute atomic E-state index is 13.2. The predicted octanol–water partition coefficient (Wildman–Crippen LogP) is 4.25. The highest BCUT2D eigenvalue weighted by Crippen LogP contribution is 2.22. The van der Waals surface area contributed by atoms with Crippen LogP contribution >= 0.6 is 0 Å². The summed E-state index contributed by atoms with van der Waals surface area (Å²) in [7, 11) is 3.34. The van der Waals surface area contributed by atoms with Crippen molar-refractivity contribution in [1.82, 2.24) is 4.90 Å². The van der Waals surface area contributed by atoms with Crippen LogP contribution in [-0.2, 0) is 9.59 Å². The number of nitrogens with zero attached hydrogens (tertiary/aromatic N) is 1. The molecular weight excluding hydrogens is 390 g/mol. The average Bonchev–Trinajstić information content (AvgIpc) is 2.76. The van der Waals surface area contributed by atoms with E-state index in [2.05, 4.69) is 10.6 Å². The first kappa shape index (κ1) is 22.1. The van der Waals surface area contributed by atoms with E-state index in [1.807, 2.05) is 67.6 Å². The van der Waals surface area contributed by atoms with Crippen molar-refractivity contribution in [3.05, 3.63) is 90.0 Å². The molecule has 0 aromatic heterocycles. The molecule has 0 bridgehead atoms. The third-order valence-corrected chi connectivity index (χ3v) is 4.87. The molecule has 0 heterocycles. The Hall–Kier alpha value is -3.64. The smallest absolute Gasteiger partial charge is 0.246 e. The lowest BCUT2D eigenvalue weighted by atomic mass is 10.0. The van der Waals surface area contributed by atoms with Crippen molar-refractivity contribution in [2.45, 2.75) is 13.0 Å². The number of anilines is 2. The number of amides is 2. The molecule has 3 rings (SSSR count). The molecule has 1 atom stereocenters. The Bertz CT molecular complexity index is 1020. The quantitative estimate of drug-likeness (QED) is 0.575. The summed E-state index contributed by atoms with van der Waals surface area (Å²) >= 11 is 0. The molecule has 31 heavy (non-hydrogen) atoms. The summed E-state index contributed by atoms with van der Waals surface area (Å²) in [5, 5.41) is 5.81. The molecule has 6 nitrogen and oxygen atoms in total. The minimum absolute atomic E-state index is 0.0398. The Balaban J connectivity index is 1.74. The molecule has 3 aromatic rings. The Labute approximate surface area is 182 Å². The Morgan fingerprint density at radius 2 is 1.61 bits per heavy atom. The standard InChI is InChI=1S/C25H27N3O3/c1-18-12-14-20(15-13-18)27-25(30)24(19-8-5-4-6-9-19)28(2)17-23(29)26-21-10-7-11-22(16-21)31-3/h4-16,24H,17H2,1-3H3,(H,26,29)(H,27,30)/t24-/m1/s1. The van der Waals surface area contributed by atoms with Gasteiger partial charge in [0.05, 0.1) is 13.7 Å². The van der Waals surface area contributed by atoms with E-state index in [0.29, 0.717) is 17.1 Å². The third kappa shape index (κ3) is 6.17. The van der Waals surface area contributed by atoms with Crippen molar-refractivity contribution in [1.29, 1.82) is 0 Å². The van der Waals surface area contributed by atoms with Crippen LogP contribution in [0.15, 0.2) is 78.9 Å². The lowest BCUT2D eigenvalue weighted by Crippen LogP contribution is -2.39. The van der Waals surface area contributed by atoms with Gasteiger partial charge in [-0.3, -0.25) is 14.5 Å². The number of hydrogen-bond donors (Lipinski definition) is 2. The number of aryl methyl sites for hydroxylation is 1. The monoisotopic (exact) mass is 417 g/mol. The van der Waals surface area contributed by atoms with E-state index in [0.717, 1.165) is 11.1 Å². The Morgan fingerprint density at radius 3 is 2.29 bits per heavy atom. The second kappa shape index (κ2) is 10.4. The fourth-order valence-corrected chi connectivity index (χ4v) is 3.31. The predicted molar refractivity (Wildman–Crippen MR) is 123 cm³/mol. The molecule has 0 radical (unpaired) electrons. The van der Waals surface area contributed by atoms with Crippen LogP contribution in [0.4, 0.5) is 11.4 Å². The molecule has 0 spiro atoms. The molecule has 160 valence electrons. The van der Waals surface area contributed by atoms with E-state index >= 15 is 0 Å². The van der Waals surface area contributed by atoms with Crippen LogP contribution in [0.3, 0.4) is 0 Å². The summed E-state index contributed by atoms with van der Waals surface area (Å²) in [5.41, 5.74) is 3.27. The zero-order chi connectivity index (χ0) is 22.2. The normalized spacial score (nSPS) is 11.6. The van der Waals surface area contributed by atoms with Gasteiger partial charge in [0.15, 0.2) is 0 Å². The molecule has 0 unspecified atom stereocenters. The van der Waals surface area contributed by atoms with Crippen LogP contribution < -0.4 is 15.4 Å². The molecule has 2 N–H and O–H groups in total. The number of carbonyl (C=O) groups is 2. The van der Waals surface area contributed by atoms with Gasteiger partial charge in [-0.05, 0) is 43.8 Å². The van der Waals surface area contributed by atoms with Gasteiger partial charge in [-0.25, -0.2) is 0 Å². The van der Waals surface area contributed by atoms with E-state index < -0.39 is 6.04 Å². The molecular formula is C25H27N3O3. The summed E-state index contributed by atoms with van der Waals surface area (Å²) in [6.07, 6.45) is 0. The molecule has 0 aliphatic carbocycles. The second-order valence-electron chi connectivity index (χ2n) is 7.36. The number of hydrogen-bond acceptors (Lipinski definition) is 4. The van der Waals surface area contributed by atoms with Gasteiger partial charge in [0.25, 0.3) is 0 Å². The Kier molecular flexibility index (Phi) is 7.40. The van der Waals surface area contributed by atoms with Crippen molar-refractivity contribution >= 4 is 23.2 Å². The number of benzene rings is 3. The third-order valence-electron chi connectivity index (χ3n) is 4.87. The number of carbonyl (C=O) groups excluding carboxylic acids is 2. The fourth-order valence-electron chi connectivity index (χ4n) is 3.31. The number of ether oxygens (including phenoxy) is 1. The maximum atomic E-state index is 13.2. The molecule has 0 saturated heterocycles. The molecule has 0 aliphatic heterocycles. The lowest BCUT2D eigenvalue weighted by molar-refractivity contribution is -0.123. The minimum atomic E-state index is -0.626. The number of likely N-dealkylation sites (N-methyl/N-ethyl adjacent to an activating group) is 1. The first-order chi connectivity index (χ1) is 15.0. The van der Waals surface area contributed by atoms with Crippen LogP contribution in [0, 0.1) is 6.92 Å². The van der Waals surface area contributed by atoms with Gasteiger partial charge in [-0.15, -0.1) is 0 Å². The number of nitrogens with one attached hydrogen (secondary N) is 2. The molecule has 6 heteroatoms. The average molecular weight is 418 g/mol. The largest absolute Gasteiger partial charge is 0.497 e. The van der Waals surface area contributed by atoms with Gasteiger partial charge in [0.1, 0.15) is 11.8 Å². The molecule has 0 saturated carbocycles. The van der Waals surface area contributed by atoms with Crippen molar-refractivity contribution in [3.8, 4) is 5.75 Å². The highest BCUT2D eigenvalue weighted by Gasteiger charge is 2.26. The van der Waals surface area contributed by atoms with Crippen LogP contribution in [0.25, 0.3) is 0 Å². The topological polar surface area (TPSA) is 70.7 Å². The van der Waals surface area contributed by atoms with Gasteiger partial charge < -0.3 is 15.4 Å². The van der Waals surface area contributed by atoms with Crippen molar-refractivity contribution in [2.24, 2.45) is 0 Å². The highest BCUT2D eigenvalue weighted by molar-refractivity contribution is 5.97. The van der Waals surface area contributed by atoms with Gasteiger partial charge in [-0.1, -0.05) is 54.1 Å². The molecule has 2 amide bonds. The van der Waals surface area contributed by atoms with Crippen LogP contribution in [0.1, 0.15) is 17.2 Å². The van der Waals surface area contributed by atoms with Gasteiger partial charge >= 0.3 is 0 Å². The van der Waals surface area contributed by atoms with Crippen molar-refractivity contribution in [3.63, 3.8) is 0 Å². The first-order valence-electron chi connectivity index (χ1n) is 10.0. The number of rotatable bonds is 8. The van der Waals surface area contributed by atoms with E-state index in [-0.39, 0.29) is 18.4 Å². The zero-order valence-corrected chi connectivity index (χ0v) is 18.0. The van der Waals surface area contributed by atoms with Gasteiger partial charge in [0, 0.05) is 17.4 Å². The molecule has 0 fully saturated rings. The van der Waals surface area contributed by atoms with E-state index in [1.165, 1.54) is 0 Å². The maximum Gasteiger partial charge on any atom is 0.246 e. The summed E-state index contributed by atoms with van der Waals surface area (Å²) in [4.78, 5) is 27.5. The lowest BCUT2D eigenvalue weighted by Gasteiger charge is -2.27. The van der Waals surface area contributed by atoms with E-state index in [4.69, 9.17) is 4.74 Å². The minimum Gasteiger partial charge on any atom is -0.497 e. The second-order valence-corrected chi connectivity index (χ2v) is 7.36. The van der Waals surface area contributed by atoms with E-state index in [1.54, 1.807) is 37.3 Å². The first-order valence-corrected chi connectivity index (χ1v) is 10.0. The summed E-state index contributed by atoms with van der Waals surface area (Å²) < 4.78 is 5.19. The summed E-state index contributed by atoms with van der Waals surface area (Å²) in [6, 6.07) is 23.6. The van der Waals surface area contributed by atoms with Crippen molar-refractivity contribution < 1.29 is 14.3 Å². The van der Waals surface area contributed by atoms with E-state index in [9.17, 15) is 9.59 Å². The van der Waals surface area contributed by atoms with Crippen LogP contribution in [0.2, 0.25) is 0 Å². The summed E-state index contributed by atoms with van der Waals surface area (Å²) in [5.74, 6) is 0.234. The fraction of sp³-hybridized carbons (Fsp3) is 0.200. The highest BCUT2D eigenvalue weighted by atomic mass is 16.5. The van der Waals surface area contributed by atoms with Crippen LogP contribution in [0.5, 0.6) is 5.75 Å². The van der Waals surface area contributed by atoms with Gasteiger partial charge in [0.2, 0.25) is 11.8 Å². The van der Waals surface area contributed by atoms with Crippen molar-refractivity contribution in [2.75, 3.05) is 31.3 Å². The molecule has 0 aliphatic rings. The SMILES string of the molecule is COc1cccc(NC(=O)CN(C)[C@@H](C(=O)Nc2ccc(C)cc2)c2ccccc2)c1. The summed E-state index contributed by atoms with van der Waals surface area (Å²) in [6.45, 7) is 2.03. The van der Waals surface area contributed by atoms with Gasteiger partial charge in [-0.2, -0.15) is 0 Å². The zero-order valence-electron chi connectivity index (χ0n) is 18.0. The molecule has 3 aromatic carbocycles.